The number of ether oxygens (including phenoxy) is 1. The second-order valence-electron chi connectivity index (χ2n) is 4.09. The molecule has 0 aliphatic carbocycles. The van der Waals surface area contributed by atoms with E-state index in [0.29, 0.717) is 26.1 Å². The van der Waals surface area contributed by atoms with E-state index in [1.807, 2.05) is 13.2 Å². The number of hydrogen-bond donors (Lipinski definition) is 1. The van der Waals surface area contributed by atoms with E-state index in [0.717, 1.165) is 5.56 Å². The van der Waals surface area contributed by atoms with E-state index >= 15 is 0 Å². The Labute approximate surface area is 87.7 Å². The molecule has 0 spiro atoms. The molecule has 5 heteroatoms. The molecule has 2 rings (SSSR count). The highest BCUT2D eigenvalue weighted by Crippen LogP contribution is 2.32. The van der Waals surface area contributed by atoms with Gasteiger partial charge in [-0.1, -0.05) is 0 Å². The molecule has 1 aromatic rings. The Morgan fingerprint density at radius 1 is 1.80 bits per heavy atom. The van der Waals surface area contributed by atoms with E-state index in [-0.39, 0.29) is 0 Å². The number of hydrogen-bond acceptors (Lipinski definition) is 3. The normalized spacial score (nSPS) is 25.7. The molecule has 1 saturated heterocycles. The van der Waals surface area contributed by atoms with Gasteiger partial charge in [-0.15, -0.1) is 0 Å². The molecule has 0 radical (unpaired) electrons. The molecule has 5 nitrogen and oxygen atoms in total. The molecule has 0 bridgehead atoms. The van der Waals surface area contributed by atoms with Crippen LogP contribution < -0.4 is 0 Å². The zero-order valence-electron chi connectivity index (χ0n) is 8.64. The molecule has 82 valence electrons. The van der Waals surface area contributed by atoms with Crippen LogP contribution >= 0.6 is 0 Å². The quantitative estimate of drug-likeness (QED) is 0.786. The van der Waals surface area contributed by atoms with Crippen molar-refractivity contribution in [3.63, 3.8) is 0 Å². The highest BCUT2D eigenvalue weighted by molar-refractivity contribution is 5.75. The summed E-state index contributed by atoms with van der Waals surface area (Å²) in [5.41, 5.74) is 0.202. The second kappa shape index (κ2) is 3.66. The number of carbonyl (C=O) groups is 1. The van der Waals surface area contributed by atoms with Gasteiger partial charge in [-0.05, 0) is 18.4 Å². The number of nitrogens with zero attached hydrogens (tertiary/aromatic N) is 2. The lowest BCUT2D eigenvalue weighted by atomic mass is 9.82. The van der Waals surface area contributed by atoms with Crippen LogP contribution in [-0.4, -0.2) is 34.1 Å². The molecular formula is C10H14N2O3. The predicted molar refractivity (Wildman–Crippen MR) is 52.4 cm³/mol. The molecule has 0 saturated carbocycles. The smallest absolute Gasteiger partial charge is 0.312 e. The van der Waals surface area contributed by atoms with Gasteiger partial charge in [0, 0.05) is 19.9 Å². The van der Waals surface area contributed by atoms with Crippen molar-refractivity contribution in [1.82, 2.24) is 9.78 Å². The largest absolute Gasteiger partial charge is 0.481 e. The van der Waals surface area contributed by atoms with Gasteiger partial charge in [0.1, 0.15) is 0 Å². The number of aryl methyl sites for hydroxylation is 1. The minimum atomic E-state index is -0.774. The Morgan fingerprint density at radius 2 is 2.60 bits per heavy atom. The van der Waals surface area contributed by atoms with Crippen LogP contribution in [0.4, 0.5) is 0 Å². The summed E-state index contributed by atoms with van der Waals surface area (Å²) in [6.07, 6.45) is 4.64. The van der Waals surface area contributed by atoms with Crippen molar-refractivity contribution >= 4 is 5.97 Å². The van der Waals surface area contributed by atoms with Crippen LogP contribution in [0, 0.1) is 5.41 Å². The summed E-state index contributed by atoms with van der Waals surface area (Å²) in [5, 5.41) is 13.3. The van der Waals surface area contributed by atoms with E-state index in [1.165, 1.54) is 0 Å². The molecule has 1 N–H and O–H groups in total. The molecule has 1 aliphatic heterocycles. The maximum atomic E-state index is 11.2. The lowest BCUT2D eigenvalue weighted by Crippen LogP contribution is -2.33. The first kappa shape index (κ1) is 10.2. The maximum absolute atomic E-state index is 11.2. The Morgan fingerprint density at radius 3 is 3.07 bits per heavy atom. The molecule has 1 atom stereocenters. The number of rotatable bonds is 3. The molecule has 1 fully saturated rings. The molecule has 1 unspecified atom stereocenters. The number of carboxylic acids is 1. The Bertz CT molecular complexity index is 366. The van der Waals surface area contributed by atoms with Crippen LogP contribution in [0.15, 0.2) is 12.4 Å². The van der Waals surface area contributed by atoms with E-state index in [9.17, 15) is 9.90 Å². The Hall–Kier alpha value is -1.36. The fourth-order valence-corrected chi connectivity index (χ4v) is 1.94. The van der Waals surface area contributed by atoms with Gasteiger partial charge in [-0.25, -0.2) is 0 Å². The van der Waals surface area contributed by atoms with Crippen LogP contribution in [0.1, 0.15) is 12.0 Å². The molecule has 0 aromatic carbocycles. The Balaban J connectivity index is 2.17. The van der Waals surface area contributed by atoms with Crippen molar-refractivity contribution in [3.8, 4) is 0 Å². The highest BCUT2D eigenvalue weighted by Gasteiger charge is 2.42. The third-order valence-corrected chi connectivity index (χ3v) is 2.86. The van der Waals surface area contributed by atoms with Gasteiger partial charge >= 0.3 is 5.97 Å². The third kappa shape index (κ3) is 1.87. The summed E-state index contributed by atoms with van der Waals surface area (Å²) >= 11 is 0. The first-order valence-electron chi connectivity index (χ1n) is 4.91. The van der Waals surface area contributed by atoms with Crippen molar-refractivity contribution in [3.05, 3.63) is 18.0 Å². The van der Waals surface area contributed by atoms with Gasteiger partial charge in [0.25, 0.3) is 0 Å². The van der Waals surface area contributed by atoms with Crippen LogP contribution in [0.2, 0.25) is 0 Å². The van der Waals surface area contributed by atoms with Gasteiger partial charge < -0.3 is 9.84 Å². The number of aliphatic carboxylic acids is 1. The van der Waals surface area contributed by atoms with Gasteiger partial charge in [0.2, 0.25) is 0 Å². The van der Waals surface area contributed by atoms with Crippen molar-refractivity contribution in [2.45, 2.75) is 12.8 Å². The fourth-order valence-electron chi connectivity index (χ4n) is 1.94. The van der Waals surface area contributed by atoms with E-state index in [4.69, 9.17) is 4.74 Å². The van der Waals surface area contributed by atoms with Crippen LogP contribution in [0.3, 0.4) is 0 Å². The molecule has 1 aromatic heterocycles. The SMILES string of the molecule is Cn1cc(CC2(C(=O)O)CCOC2)cn1. The topological polar surface area (TPSA) is 64.4 Å². The Kier molecular flexibility index (Phi) is 2.48. The first-order valence-corrected chi connectivity index (χ1v) is 4.91. The van der Waals surface area contributed by atoms with Crippen LogP contribution in [0.25, 0.3) is 0 Å². The van der Waals surface area contributed by atoms with Gasteiger partial charge in [-0.2, -0.15) is 5.10 Å². The second-order valence-corrected chi connectivity index (χ2v) is 4.09. The summed E-state index contributed by atoms with van der Waals surface area (Å²) in [6, 6.07) is 0. The summed E-state index contributed by atoms with van der Waals surface area (Å²) in [4.78, 5) is 11.2. The number of carboxylic acid groups (broad SMARTS) is 1. The van der Waals surface area contributed by atoms with Crippen molar-refractivity contribution in [1.29, 1.82) is 0 Å². The monoisotopic (exact) mass is 210 g/mol. The highest BCUT2D eigenvalue weighted by atomic mass is 16.5. The van der Waals surface area contributed by atoms with Gasteiger partial charge in [0.15, 0.2) is 0 Å². The zero-order valence-corrected chi connectivity index (χ0v) is 8.64. The van der Waals surface area contributed by atoms with Gasteiger partial charge in [-0.3, -0.25) is 9.48 Å². The van der Waals surface area contributed by atoms with E-state index < -0.39 is 11.4 Å². The van der Waals surface area contributed by atoms with Crippen molar-refractivity contribution in [2.75, 3.05) is 13.2 Å². The fraction of sp³-hybridized carbons (Fsp3) is 0.600. The minimum absolute atomic E-state index is 0.303. The molecule has 1 aliphatic rings. The predicted octanol–water partition coefficient (Wildman–Crippen LogP) is 0.454. The van der Waals surface area contributed by atoms with Crippen LogP contribution in [0.5, 0.6) is 0 Å². The number of aromatic nitrogens is 2. The standard InChI is InChI=1S/C10H14N2O3/c1-12-6-8(5-11-12)4-10(9(13)14)2-3-15-7-10/h5-6H,2-4,7H2,1H3,(H,13,14). The van der Waals surface area contributed by atoms with Gasteiger partial charge in [0.05, 0.1) is 18.2 Å². The zero-order chi connectivity index (χ0) is 10.9. The first-order chi connectivity index (χ1) is 7.12. The molecule has 15 heavy (non-hydrogen) atoms. The van der Waals surface area contributed by atoms with E-state index in [1.54, 1.807) is 10.9 Å². The molecule has 0 amide bonds. The minimum Gasteiger partial charge on any atom is -0.481 e. The molecule has 2 heterocycles. The van der Waals surface area contributed by atoms with Crippen molar-refractivity contribution < 1.29 is 14.6 Å². The maximum Gasteiger partial charge on any atom is 0.312 e. The average Bonchev–Trinajstić information content (AvgIpc) is 2.77. The third-order valence-electron chi connectivity index (χ3n) is 2.86. The van der Waals surface area contributed by atoms with Crippen molar-refractivity contribution in [2.24, 2.45) is 12.5 Å². The average molecular weight is 210 g/mol. The van der Waals surface area contributed by atoms with Crippen LogP contribution in [-0.2, 0) is 23.0 Å². The summed E-state index contributed by atoms with van der Waals surface area (Å²) in [5.74, 6) is -0.774. The lowest BCUT2D eigenvalue weighted by Gasteiger charge is -2.20. The molecular weight excluding hydrogens is 196 g/mol. The lowest BCUT2D eigenvalue weighted by molar-refractivity contribution is -0.148. The van der Waals surface area contributed by atoms with E-state index in [2.05, 4.69) is 5.10 Å². The summed E-state index contributed by atoms with van der Waals surface area (Å²) in [7, 11) is 1.82. The summed E-state index contributed by atoms with van der Waals surface area (Å²) < 4.78 is 6.87. The summed E-state index contributed by atoms with van der Waals surface area (Å²) in [6.45, 7) is 0.837.